The molecule has 0 spiro atoms. The van der Waals surface area contributed by atoms with E-state index in [0.29, 0.717) is 6.54 Å². The number of furan rings is 1. The van der Waals surface area contributed by atoms with Gasteiger partial charge in [0.15, 0.2) is 0 Å². The summed E-state index contributed by atoms with van der Waals surface area (Å²) in [7, 11) is 0. The van der Waals surface area contributed by atoms with Crippen molar-refractivity contribution in [3.63, 3.8) is 0 Å². The molecule has 0 bridgehead atoms. The zero-order valence-corrected chi connectivity index (χ0v) is 16.4. The lowest BCUT2D eigenvalue weighted by molar-refractivity contribution is -0.128. The largest absolute Gasteiger partial charge is 0.465 e. The van der Waals surface area contributed by atoms with Gasteiger partial charge >= 0.3 is 0 Å². The molecule has 2 aliphatic carbocycles. The van der Waals surface area contributed by atoms with Crippen LogP contribution in [0.4, 0.5) is 5.69 Å². The van der Waals surface area contributed by atoms with Crippen LogP contribution in [0.3, 0.4) is 0 Å². The van der Waals surface area contributed by atoms with Gasteiger partial charge in [-0.15, -0.1) is 0 Å². The van der Waals surface area contributed by atoms with Crippen molar-refractivity contribution < 1.29 is 14.0 Å². The van der Waals surface area contributed by atoms with Crippen LogP contribution in [0.25, 0.3) is 0 Å². The molecule has 2 aliphatic rings. The van der Waals surface area contributed by atoms with Crippen molar-refractivity contribution in [3.05, 3.63) is 53.5 Å². The smallest absolute Gasteiger partial charge is 0.231 e. The van der Waals surface area contributed by atoms with E-state index >= 15 is 0 Å². The zero-order chi connectivity index (χ0) is 19.6. The van der Waals surface area contributed by atoms with Gasteiger partial charge in [-0.05, 0) is 62.4 Å². The Morgan fingerprint density at radius 1 is 1.04 bits per heavy atom. The molecule has 0 aliphatic heterocycles. The summed E-state index contributed by atoms with van der Waals surface area (Å²) in [5.41, 5.74) is 1.33. The fourth-order valence-electron chi connectivity index (χ4n) is 4.18. The molecule has 1 aromatic heterocycles. The molecule has 5 nitrogen and oxygen atoms in total. The number of hydrogen-bond donors (Lipinski definition) is 2. The molecule has 2 saturated carbocycles. The van der Waals surface area contributed by atoms with Gasteiger partial charge in [0.05, 0.1) is 12.0 Å². The molecule has 0 saturated heterocycles. The van der Waals surface area contributed by atoms with E-state index in [1.165, 1.54) is 6.42 Å². The van der Waals surface area contributed by atoms with Gasteiger partial charge < -0.3 is 15.1 Å². The third-order valence-corrected chi connectivity index (χ3v) is 6.01. The van der Waals surface area contributed by atoms with Gasteiger partial charge in [0.25, 0.3) is 0 Å². The van der Waals surface area contributed by atoms with Gasteiger partial charge in [0.1, 0.15) is 11.5 Å². The van der Waals surface area contributed by atoms with E-state index in [4.69, 9.17) is 4.42 Å². The fourth-order valence-corrected chi connectivity index (χ4v) is 4.18. The van der Waals surface area contributed by atoms with Crippen LogP contribution in [0.2, 0.25) is 0 Å². The molecule has 0 radical (unpaired) electrons. The van der Waals surface area contributed by atoms with Crippen LogP contribution in [0.15, 0.2) is 40.8 Å². The van der Waals surface area contributed by atoms with Gasteiger partial charge in [0.2, 0.25) is 11.8 Å². The number of benzene rings is 1. The number of carbonyl (C=O) groups is 2. The predicted molar refractivity (Wildman–Crippen MR) is 108 cm³/mol. The lowest BCUT2D eigenvalue weighted by atomic mass is 9.68. The molecule has 148 valence electrons. The van der Waals surface area contributed by atoms with Crippen LogP contribution in [0.1, 0.15) is 62.0 Å². The Balaban J connectivity index is 1.49. The Morgan fingerprint density at radius 2 is 1.75 bits per heavy atom. The van der Waals surface area contributed by atoms with E-state index in [2.05, 4.69) is 10.6 Å². The molecule has 2 N–H and O–H groups in total. The predicted octanol–water partition coefficient (Wildman–Crippen LogP) is 4.45. The molecule has 4 rings (SSSR count). The van der Waals surface area contributed by atoms with E-state index in [-0.39, 0.29) is 17.7 Å². The first kappa shape index (κ1) is 18.8. The van der Waals surface area contributed by atoms with Crippen molar-refractivity contribution in [2.75, 3.05) is 5.32 Å². The van der Waals surface area contributed by atoms with Gasteiger partial charge in [-0.1, -0.05) is 31.4 Å². The lowest BCUT2D eigenvalue weighted by Gasteiger charge is -2.36. The highest BCUT2D eigenvalue weighted by Gasteiger charge is 2.41. The molecule has 5 heteroatoms. The van der Waals surface area contributed by atoms with Crippen molar-refractivity contribution >= 4 is 17.5 Å². The van der Waals surface area contributed by atoms with E-state index in [0.717, 1.165) is 61.3 Å². The number of aryl methyl sites for hydroxylation is 1. The second kappa shape index (κ2) is 7.82. The van der Waals surface area contributed by atoms with E-state index < -0.39 is 5.41 Å². The highest BCUT2D eigenvalue weighted by Crippen LogP contribution is 2.40. The minimum atomic E-state index is -0.501. The second-order valence-electron chi connectivity index (χ2n) is 8.18. The number of rotatable bonds is 6. The summed E-state index contributed by atoms with van der Waals surface area (Å²) in [4.78, 5) is 25.2. The summed E-state index contributed by atoms with van der Waals surface area (Å²) in [6.07, 6.45) is 6.95. The number of anilines is 1. The monoisotopic (exact) mass is 380 g/mol. The molecule has 2 amide bonds. The summed E-state index contributed by atoms with van der Waals surface area (Å²) in [6.45, 7) is 2.31. The van der Waals surface area contributed by atoms with Gasteiger partial charge in [0, 0.05) is 11.6 Å². The maximum atomic E-state index is 13.2. The van der Waals surface area contributed by atoms with E-state index in [9.17, 15) is 9.59 Å². The SMILES string of the molecule is Cc1ccc(CNC(=O)C2(c3ccc(NC(=O)C4CC4)cc3)CCCCC2)o1. The Bertz CT molecular complexity index is 843. The Morgan fingerprint density at radius 3 is 2.36 bits per heavy atom. The fraction of sp³-hybridized carbons (Fsp3) is 0.478. The Labute approximate surface area is 165 Å². The molecule has 2 aromatic rings. The molecule has 1 aromatic carbocycles. The zero-order valence-electron chi connectivity index (χ0n) is 16.4. The summed E-state index contributed by atoms with van der Waals surface area (Å²) in [6, 6.07) is 11.7. The van der Waals surface area contributed by atoms with Crippen LogP contribution in [0, 0.1) is 12.8 Å². The summed E-state index contributed by atoms with van der Waals surface area (Å²) in [5.74, 6) is 1.97. The van der Waals surface area contributed by atoms with Crippen molar-refractivity contribution in [2.45, 2.75) is 63.8 Å². The van der Waals surface area contributed by atoms with Crippen LogP contribution < -0.4 is 10.6 Å². The summed E-state index contributed by atoms with van der Waals surface area (Å²) in [5, 5.41) is 6.06. The molecule has 28 heavy (non-hydrogen) atoms. The first-order valence-electron chi connectivity index (χ1n) is 10.3. The third-order valence-electron chi connectivity index (χ3n) is 6.01. The maximum Gasteiger partial charge on any atom is 0.231 e. The Hall–Kier alpha value is -2.56. The van der Waals surface area contributed by atoms with Crippen LogP contribution >= 0.6 is 0 Å². The van der Waals surface area contributed by atoms with Gasteiger partial charge in [-0.3, -0.25) is 9.59 Å². The maximum absolute atomic E-state index is 13.2. The first-order valence-corrected chi connectivity index (χ1v) is 10.3. The topological polar surface area (TPSA) is 71.3 Å². The standard InChI is InChI=1S/C23H28N2O3/c1-16-5-12-20(28-16)15-24-22(27)23(13-3-2-4-14-23)18-8-10-19(11-9-18)25-21(26)17-6-7-17/h5,8-12,17H,2-4,6-7,13-15H2,1H3,(H,24,27)(H,25,26). The highest BCUT2D eigenvalue weighted by atomic mass is 16.3. The lowest BCUT2D eigenvalue weighted by Crippen LogP contribution is -2.45. The van der Waals surface area contributed by atoms with Crippen LogP contribution in [0.5, 0.6) is 0 Å². The highest BCUT2D eigenvalue weighted by molar-refractivity contribution is 5.94. The molecular weight excluding hydrogens is 352 g/mol. The van der Waals surface area contributed by atoms with E-state index in [1.807, 2.05) is 43.3 Å². The number of hydrogen-bond acceptors (Lipinski definition) is 3. The molecule has 1 heterocycles. The number of amides is 2. The van der Waals surface area contributed by atoms with Crippen molar-refractivity contribution in [2.24, 2.45) is 5.92 Å². The third kappa shape index (κ3) is 3.98. The number of nitrogens with one attached hydrogen (secondary N) is 2. The van der Waals surface area contributed by atoms with Crippen LogP contribution in [-0.2, 0) is 21.5 Å². The molecule has 2 fully saturated rings. The van der Waals surface area contributed by atoms with E-state index in [1.54, 1.807) is 0 Å². The molecule has 0 unspecified atom stereocenters. The normalized spacial score (nSPS) is 18.5. The minimum absolute atomic E-state index is 0.0658. The van der Waals surface area contributed by atoms with Gasteiger partial charge in [-0.25, -0.2) is 0 Å². The van der Waals surface area contributed by atoms with Crippen LogP contribution in [-0.4, -0.2) is 11.8 Å². The average molecular weight is 380 g/mol. The molecular formula is C23H28N2O3. The first-order chi connectivity index (χ1) is 13.6. The number of carbonyl (C=O) groups excluding carboxylic acids is 2. The van der Waals surface area contributed by atoms with Crippen molar-refractivity contribution in [1.82, 2.24) is 5.32 Å². The second-order valence-corrected chi connectivity index (χ2v) is 8.18. The summed E-state index contributed by atoms with van der Waals surface area (Å²) >= 11 is 0. The summed E-state index contributed by atoms with van der Waals surface area (Å²) < 4.78 is 5.58. The molecule has 0 atom stereocenters. The van der Waals surface area contributed by atoms with Crippen molar-refractivity contribution in [3.8, 4) is 0 Å². The van der Waals surface area contributed by atoms with Gasteiger partial charge in [-0.2, -0.15) is 0 Å². The average Bonchev–Trinajstić information content (AvgIpc) is 3.49. The minimum Gasteiger partial charge on any atom is -0.465 e. The van der Waals surface area contributed by atoms with Crippen molar-refractivity contribution in [1.29, 1.82) is 0 Å². The Kier molecular flexibility index (Phi) is 5.25. The quantitative estimate of drug-likeness (QED) is 0.777.